The summed E-state index contributed by atoms with van der Waals surface area (Å²) in [6.45, 7) is 0. The molecule has 6 nitrogen and oxygen atoms in total. The third kappa shape index (κ3) is 2.96. The van der Waals surface area contributed by atoms with Gasteiger partial charge in [0.1, 0.15) is 6.33 Å². The normalized spacial score (nSPS) is 11.5. The molecule has 1 N–H and O–H groups in total. The van der Waals surface area contributed by atoms with Crippen LogP contribution in [-0.4, -0.2) is 31.3 Å². The van der Waals surface area contributed by atoms with E-state index in [0.717, 1.165) is 12.1 Å². The number of carbonyl (C=O) groups is 1. The summed E-state index contributed by atoms with van der Waals surface area (Å²) in [5.74, 6) is -1.20. The van der Waals surface area contributed by atoms with Crippen LogP contribution in [0.3, 0.4) is 0 Å². The van der Waals surface area contributed by atoms with Crippen molar-refractivity contribution in [1.29, 1.82) is 0 Å². The molecule has 0 bridgehead atoms. The van der Waals surface area contributed by atoms with E-state index >= 15 is 0 Å². The molecule has 2 aromatic carbocycles. The second-order valence-corrected chi connectivity index (χ2v) is 4.87. The number of nitrogens with zero attached hydrogens (tertiary/aromatic N) is 4. The van der Waals surface area contributed by atoms with Crippen LogP contribution in [0, 0.1) is 0 Å². The van der Waals surface area contributed by atoms with Gasteiger partial charge in [0.05, 0.1) is 16.8 Å². The number of rotatable bonds is 3. The second-order valence-electron chi connectivity index (χ2n) is 4.87. The van der Waals surface area contributed by atoms with E-state index in [2.05, 4.69) is 15.5 Å². The molecule has 0 spiro atoms. The summed E-state index contributed by atoms with van der Waals surface area (Å²) in [5.41, 5.74) is 0.351. The summed E-state index contributed by atoms with van der Waals surface area (Å²) in [5, 5.41) is 19.9. The molecule has 0 aliphatic rings. The molecule has 1 heterocycles. The molecule has 3 aromatic rings. The van der Waals surface area contributed by atoms with E-state index in [0.29, 0.717) is 11.1 Å². The van der Waals surface area contributed by atoms with Gasteiger partial charge in [0.25, 0.3) is 0 Å². The lowest BCUT2D eigenvalue weighted by molar-refractivity contribution is -0.137. The third-order valence-electron chi connectivity index (χ3n) is 3.37. The van der Waals surface area contributed by atoms with Crippen LogP contribution in [-0.2, 0) is 6.18 Å². The van der Waals surface area contributed by atoms with Crippen molar-refractivity contribution in [1.82, 2.24) is 20.2 Å². The fraction of sp³-hybridized carbons (Fsp3) is 0.0667. The average molecular weight is 334 g/mol. The number of aromatic nitrogens is 4. The fourth-order valence-electron chi connectivity index (χ4n) is 2.21. The number of aromatic carboxylic acids is 1. The summed E-state index contributed by atoms with van der Waals surface area (Å²) in [6.07, 6.45) is -3.17. The maximum absolute atomic E-state index is 12.6. The van der Waals surface area contributed by atoms with Gasteiger partial charge in [-0.15, -0.1) is 5.10 Å². The summed E-state index contributed by atoms with van der Waals surface area (Å²) >= 11 is 0. The van der Waals surface area contributed by atoms with Crippen LogP contribution in [0.25, 0.3) is 16.8 Å². The van der Waals surface area contributed by atoms with Crippen molar-refractivity contribution >= 4 is 5.97 Å². The van der Waals surface area contributed by atoms with Gasteiger partial charge in [-0.3, -0.25) is 0 Å². The minimum absolute atomic E-state index is 0.0697. The predicted octanol–water partition coefficient (Wildman–Crippen LogP) is 3.05. The zero-order valence-corrected chi connectivity index (χ0v) is 11.9. The van der Waals surface area contributed by atoms with Crippen LogP contribution in [0.4, 0.5) is 13.2 Å². The number of halogens is 3. The van der Waals surface area contributed by atoms with Crippen molar-refractivity contribution in [3.63, 3.8) is 0 Å². The summed E-state index contributed by atoms with van der Waals surface area (Å²) in [6, 6.07) is 8.93. The first-order valence-electron chi connectivity index (χ1n) is 6.64. The smallest absolute Gasteiger partial charge is 0.416 e. The number of hydrogen-bond acceptors (Lipinski definition) is 4. The molecule has 0 fully saturated rings. The van der Waals surface area contributed by atoms with Gasteiger partial charge in [-0.1, -0.05) is 18.2 Å². The van der Waals surface area contributed by atoms with Crippen molar-refractivity contribution in [2.24, 2.45) is 0 Å². The molecule has 0 atom stereocenters. The van der Waals surface area contributed by atoms with Crippen LogP contribution in [0.15, 0.2) is 48.8 Å². The highest BCUT2D eigenvalue weighted by Crippen LogP contribution is 2.31. The molecule has 9 heteroatoms. The zero-order valence-electron chi connectivity index (χ0n) is 11.9. The van der Waals surface area contributed by atoms with Crippen molar-refractivity contribution in [3.05, 3.63) is 59.9 Å². The molecule has 0 aliphatic carbocycles. The van der Waals surface area contributed by atoms with Crippen molar-refractivity contribution in [2.75, 3.05) is 0 Å². The lowest BCUT2D eigenvalue weighted by Gasteiger charge is -2.10. The molecule has 0 radical (unpaired) electrons. The van der Waals surface area contributed by atoms with E-state index in [1.807, 2.05) is 0 Å². The SMILES string of the molecule is O=C(O)c1cc(-c2ccc(C(F)(F)F)cc2)ccc1-n1cnnn1. The Morgan fingerprint density at radius 2 is 1.71 bits per heavy atom. The first kappa shape index (κ1) is 15.7. The second kappa shape index (κ2) is 5.76. The van der Waals surface area contributed by atoms with Gasteiger partial charge < -0.3 is 5.11 Å². The maximum atomic E-state index is 12.6. The Hall–Kier alpha value is -3.23. The largest absolute Gasteiger partial charge is 0.478 e. The van der Waals surface area contributed by atoms with Gasteiger partial charge in [0, 0.05) is 0 Å². The first-order valence-corrected chi connectivity index (χ1v) is 6.64. The van der Waals surface area contributed by atoms with Crippen LogP contribution >= 0.6 is 0 Å². The van der Waals surface area contributed by atoms with E-state index in [4.69, 9.17) is 0 Å². The van der Waals surface area contributed by atoms with Crippen LogP contribution in [0.1, 0.15) is 15.9 Å². The van der Waals surface area contributed by atoms with Crippen molar-refractivity contribution < 1.29 is 23.1 Å². The van der Waals surface area contributed by atoms with Gasteiger partial charge in [-0.2, -0.15) is 17.9 Å². The zero-order chi connectivity index (χ0) is 17.3. The van der Waals surface area contributed by atoms with E-state index in [1.54, 1.807) is 6.07 Å². The van der Waals surface area contributed by atoms with Crippen LogP contribution in [0.2, 0.25) is 0 Å². The maximum Gasteiger partial charge on any atom is 0.416 e. The van der Waals surface area contributed by atoms with E-state index in [-0.39, 0.29) is 11.3 Å². The van der Waals surface area contributed by atoms with Gasteiger partial charge in [-0.05, 0) is 45.8 Å². The highest BCUT2D eigenvalue weighted by Gasteiger charge is 2.30. The molecule has 0 saturated heterocycles. The highest BCUT2D eigenvalue weighted by atomic mass is 19.4. The van der Waals surface area contributed by atoms with E-state index < -0.39 is 17.7 Å². The highest BCUT2D eigenvalue weighted by molar-refractivity contribution is 5.93. The number of carboxylic acid groups (broad SMARTS) is 1. The molecule has 122 valence electrons. The minimum atomic E-state index is -4.42. The Kier molecular flexibility index (Phi) is 3.76. The van der Waals surface area contributed by atoms with Crippen LogP contribution < -0.4 is 0 Å². The van der Waals surface area contributed by atoms with Gasteiger partial charge >= 0.3 is 12.1 Å². The molecule has 0 unspecified atom stereocenters. The molecule has 0 aliphatic heterocycles. The monoisotopic (exact) mass is 334 g/mol. The average Bonchev–Trinajstić information content (AvgIpc) is 3.08. The van der Waals surface area contributed by atoms with Gasteiger partial charge in [-0.25, -0.2) is 4.79 Å². The lowest BCUT2D eigenvalue weighted by Crippen LogP contribution is -2.06. The number of tetrazole rings is 1. The summed E-state index contributed by atoms with van der Waals surface area (Å²) in [4.78, 5) is 11.5. The molecule has 24 heavy (non-hydrogen) atoms. The molecular formula is C15H9F3N4O2. The third-order valence-corrected chi connectivity index (χ3v) is 3.37. The number of benzene rings is 2. The Morgan fingerprint density at radius 1 is 1.04 bits per heavy atom. The van der Waals surface area contributed by atoms with Gasteiger partial charge in [0.2, 0.25) is 0 Å². The Balaban J connectivity index is 2.03. The predicted molar refractivity (Wildman–Crippen MR) is 76.6 cm³/mol. The molecular weight excluding hydrogens is 325 g/mol. The number of alkyl halides is 3. The standard InChI is InChI=1S/C15H9F3N4O2/c16-15(17,18)11-4-1-9(2-5-11)10-3-6-13(12(7-10)14(23)24)22-8-19-20-21-22/h1-8H,(H,23,24). The molecule has 0 amide bonds. The van der Waals surface area contributed by atoms with Crippen molar-refractivity contribution in [3.8, 4) is 16.8 Å². The van der Waals surface area contributed by atoms with Gasteiger partial charge in [0.15, 0.2) is 0 Å². The quantitative estimate of drug-likeness (QED) is 0.796. The number of hydrogen-bond donors (Lipinski definition) is 1. The Labute approximate surface area is 133 Å². The lowest BCUT2D eigenvalue weighted by atomic mass is 10.0. The number of carboxylic acids is 1. The molecule has 0 saturated carbocycles. The minimum Gasteiger partial charge on any atom is -0.478 e. The summed E-state index contributed by atoms with van der Waals surface area (Å²) < 4.78 is 39.0. The molecule has 1 aromatic heterocycles. The van der Waals surface area contributed by atoms with E-state index in [1.165, 1.54) is 35.3 Å². The summed E-state index contributed by atoms with van der Waals surface area (Å²) in [7, 11) is 0. The topological polar surface area (TPSA) is 80.9 Å². The fourth-order valence-corrected chi connectivity index (χ4v) is 2.21. The van der Waals surface area contributed by atoms with E-state index in [9.17, 15) is 23.1 Å². The first-order chi connectivity index (χ1) is 11.4. The molecule has 3 rings (SSSR count). The Morgan fingerprint density at radius 3 is 2.25 bits per heavy atom. The van der Waals surface area contributed by atoms with Crippen molar-refractivity contribution in [2.45, 2.75) is 6.18 Å². The van der Waals surface area contributed by atoms with Crippen LogP contribution in [0.5, 0.6) is 0 Å². The Bertz CT molecular complexity index is 875.